The summed E-state index contributed by atoms with van der Waals surface area (Å²) in [7, 11) is -4.55. The summed E-state index contributed by atoms with van der Waals surface area (Å²) in [5, 5.41) is 25.1. The number of rotatable bonds is 26. The minimum atomic E-state index is -4.55. The number of nitrogens with zero attached hydrogens (tertiary/aromatic N) is 1. The number of morpholine rings is 1. The van der Waals surface area contributed by atoms with E-state index in [0.717, 1.165) is 24.6 Å². The molecule has 1 saturated heterocycles. The third kappa shape index (κ3) is 17.9. The summed E-state index contributed by atoms with van der Waals surface area (Å²) in [5.41, 5.74) is -0.674. The average molecular weight is 959 g/mol. The van der Waals surface area contributed by atoms with E-state index in [0.29, 0.717) is 38.3 Å². The van der Waals surface area contributed by atoms with Crippen LogP contribution in [0.5, 0.6) is 0 Å². The molecule has 1 unspecified atom stereocenters. The summed E-state index contributed by atoms with van der Waals surface area (Å²) >= 11 is 0. The molecule has 0 aliphatic carbocycles. The Bertz CT molecular complexity index is 2300. The highest BCUT2D eigenvalue weighted by Gasteiger charge is 2.40. The van der Waals surface area contributed by atoms with Crippen molar-refractivity contribution in [2.45, 2.75) is 101 Å². The zero-order chi connectivity index (χ0) is 49.9. The van der Waals surface area contributed by atoms with Gasteiger partial charge in [0, 0.05) is 25.1 Å². The molecule has 0 spiro atoms. The first-order valence-corrected chi connectivity index (χ1v) is 24.2. The number of ketones is 1. The smallest absolute Gasteiger partial charge is 0.297 e. The van der Waals surface area contributed by atoms with Crippen LogP contribution in [0.4, 0.5) is 0 Å². The molecule has 18 heteroatoms. The molecule has 4 rings (SSSR count). The third-order valence-corrected chi connectivity index (χ3v) is 12.3. The Hall–Kier alpha value is -5.97. The molecule has 1 heterocycles. The molecule has 3 aromatic carbocycles. The van der Waals surface area contributed by atoms with Crippen LogP contribution in [0.3, 0.4) is 0 Å². The van der Waals surface area contributed by atoms with Crippen LogP contribution >= 0.6 is 0 Å². The summed E-state index contributed by atoms with van der Waals surface area (Å²) in [5.74, 6) is -1.88. The molecule has 5 amide bonds. The Kier molecular flexibility index (Phi) is 21.3. The van der Waals surface area contributed by atoms with Crippen LogP contribution in [0, 0.1) is 24.2 Å². The molecule has 5 atom stereocenters. The first kappa shape index (κ1) is 54.6. The fourth-order valence-electron chi connectivity index (χ4n) is 7.42. The Morgan fingerprint density at radius 2 is 1.28 bits per heavy atom. The normalized spacial score (nSPS) is 15.7. The van der Waals surface area contributed by atoms with E-state index in [4.69, 9.17) is 15.3 Å². The van der Waals surface area contributed by atoms with Crippen molar-refractivity contribution in [2.75, 3.05) is 46.0 Å². The summed E-state index contributed by atoms with van der Waals surface area (Å²) in [6.07, 6.45) is 6.06. The molecule has 0 bridgehead atoms. The molecule has 1 aliphatic rings. The number of Topliss-reactive ketones (excluding diaryl/α,β-unsaturated/α-hetero) is 1. The highest BCUT2D eigenvalue weighted by atomic mass is 32.2. The number of aliphatic hydroxyl groups is 1. The Balaban J connectivity index is 1.53. The van der Waals surface area contributed by atoms with Crippen molar-refractivity contribution in [2.24, 2.45) is 11.8 Å². The van der Waals surface area contributed by atoms with E-state index in [1.54, 1.807) is 44.2 Å². The predicted molar refractivity (Wildman–Crippen MR) is 255 cm³/mol. The van der Waals surface area contributed by atoms with Gasteiger partial charge in [0.15, 0.2) is 5.78 Å². The van der Waals surface area contributed by atoms with Crippen molar-refractivity contribution >= 4 is 45.4 Å². The average Bonchev–Trinajstić information content (AvgIpc) is 3.31. The van der Waals surface area contributed by atoms with Crippen LogP contribution in [0.2, 0.25) is 0 Å². The third-order valence-electron chi connectivity index (χ3n) is 11.1. The van der Waals surface area contributed by atoms with Crippen LogP contribution in [0.1, 0.15) is 75.4 Å². The lowest BCUT2D eigenvalue weighted by Gasteiger charge is -2.30. The van der Waals surface area contributed by atoms with Gasteiger partial charge in [-0.05, 0) is 79.8 Å². The predicted octanol–water partition coefficient (Wildman–Crippen LogP) is 2.31. The standard InChI is InChI=1S/C50H66N6O11S/c1-7-24-51-46(59)38-19-21-39(22-20-38)68(64,65)67-33-50(6,63)45(58)41(29-34(2)3)53-49(62)43(31-37-16-12-9-13-17-37)55-48(61)42(30-35(4)5)54-47(60)40(23-18-36-14-10-8-11-15-36)52-44(57)32-56-25-27-66-28-26-56/h1,8-17,19-22,34-35,40-43,63H,18,23-33H2,2-6H3,(H,51,59)(H,52,57)(H,53,62)(H,54,60)(H,55,61)/t40-,41-,42-,43-,50?/m0/s1. The van der Waals surface area contributed by atoms with Crippen molar-refractivity contribution in [3.05, 3.63) is 102 Å². The van der Waals surface area contributed by atoms with Gasteiger partial charge >= 0.3 is 0 Å². The summed E-state index contributed by atoms with van der Waals surface area (Å²) < 4.78 is 36.9. The Morgan fingerprint density at radius 3 is 1.87 bits per heavy atom. The minimum Gasteiger partial charge on any atom is -0.380 e. The molecule has 1 aliphatic heterocycles. The second kappa shape index (κ2) is 26.5. The van der Waals surface area contributed by atoms with E-state index < -0.39 is 75.9 Å². The topological polar surface area (TPSA) is 239 Å². The van der Waals surface area contributed by atoms with Gasteiger partial charge in [-0.1, -0.05) is 94.3 Å². The number of hydrogen-bond acceptors (Lipinski definition) is 12. The maximum absolute atomic E-state index is 14.4. The van der Waals surface area contributed by atoms with Gasteiger partial charge in [0.05, 0.1) is 37.2 Å². The number of terminal acetylenes is 1. The highest BCUT2D eigenvalue weighted by molar-refractivity contribution is 7.86. The van der Waals surface area contributed by atoms with Crippen molar-refractivity contribution in [1.29, 1.82) is 0 Å². The van der Waals surface area contributed by atoms with E-state index in [-0.39, 0.29) is 67.0 Å². The number of ether oxygens (including phenoxy) is 1. The number of nitrogens with one attached hydrogen (secondary N) is 5. The summed E-state index contributed by atoms with van der Waals surface area (Å²) in [6, 6.07) is 18.3. The van der Waals surface area contributed by atoms with Crippen LogP contribution in [0.15, 0.2) is 89.8 Å². The molecule has 1 fully saturated rings. The van der Waals surface area contributed by atoms with E-state index in [9.17, 15) is 42.3 Å². The van der Waals surface area contributed by atoms with E-state index >= 15 is 0 Å². The number of carbonyl (C=O) groups is 6. The lowest BCUT2D eigenvalue weighted by atomic mass is 9.90. The van der Waals surface area contributed by atoms with E-state index in [2.05, 4.69) is 32.5 Å². The molecular formula is C50H66N6O11S. The van der Waals surface area contributed by atoms with Crippen LogP contribution in [-0.4, -0.2) is 130 Å². The van der Waals surface area contributed by atoms with E-state index in [1.165, 1.54) is 12.1 Å². The zero-order valence-electron chi connectivity index (χ0n) is 39.5. The van der Waals surface area contributed by atoms with Crippen molar-refractivity contribution in [3.8, 4) is 12.3 Å². The molecule has 0 saturated carbocycles. The second-order valence-corrected chi connectivity index (χ2v) is 19.5. The minimum absolute atomic E-state index is 0.0241. The monoisotopic (exact) mass is 958 g/mol. The van der Waals surface area contributed by atoms with Crippen molar-refractivity contribution < 1.29 is 51.2 Å². The molecule has 0 radical (unpaired) electrons. The first-order chi connectivity index (χ1) is 32.3. The fourth-order valence-corrected chi connectivity index (χ4v) is 8.41. The van der Waals surface area contributed by atoms with Gasteiger partial charge in [-0.3, -0.25) is 37.9 Å². The molecule has 17 nitrogen and oxygen atoms in total. The van der Waals surface area contributed by atoms with E-state index in [1.807, 2.05) is 49.1 Å². The number of carbonyl (C=O) groups excluding carboxylic acids is 6. The number of hydrogen-bond donors (Lipinski definition) is 6. The summed E-state index contributed by atoms with van der Waals surface area (Å²) in [4.78, 5) is 84.0. The molecular weight excluding hydrogens is 893 g/mol. The van der Waals surface area contributed by atoms with Crippen LogP contribution in [0.25, 0.3) is 0 Å². The first-order valence-electron chi connectivity index (χ1n) is 22.8. The summed E-state index contributed by atoms with van der Waals surface area (Å²) in [6.45, 7) is 9.57. The zero-order valence-corrected chi connectivity index (χ0v) is 40.3. The fraction of sp³-hybridized carbons (Fsp3) is 0.480. The van der Waals surface area contributed by atoms with Crippen LogP contribution < -0.4 is 26.6 Å². The SMILES string of the molecule is C#CCNC(=O)c1ccc(S(=O)(=O)OCC(C)(O)C(=O)[C@H](CC(C)C)NC(=O)[C@H](Cc2ccccc2)NC(=O)[C@H](CC(C)C)NC(=O)[C@H](CCc2ccccc2)NC(=O)CN2CCOCC2)cc1. The number of benzene rings is 3. The van der Waals surface area contributed by atoms with Crippen molar-refractivity contribution in [3.63, 3.8) is 0 Å². The van der Waals surface area contributed by atoms with Gasteiger partial charge in [0.25, 0.3) is 16.0 Å². The van der Waals surface area contributed by atoms with Gasteiger partial charge in [-0.2, -0.15) is 8.42 Å². The van der Waals surface area contributed by atoms with Gasteiger partial charge in [-0.25, -0.2) is 0 Å². The van der Waals surface area contributed by atoms with Gasteiger partial charge < -0.3 is 36.4 Å². The Labute approximate surface area is 400 Å². The van der Waals surface area contributed by atoms with Gasteiger partial charge in [0.1, 0.15) is 30.3 Å². The van der Waals surface area contributed by atoms with Gasteiger partial charge in [0.2, 0.25) is 23.6 Å². The molecule has 368 valence electrons. The molecule has 3 aromatic rings. The maximum Gasteiger partial charge on any atom is 0.297 e. The molecule has 0 aromatic heterocycles. The van der Waals surface area contributed by atoms with Crippen molar-refractivity contribution in [1.82, 2.24) is 31.5 Å². The Morgan fingerprint density at radius 1 is 0.750 bits per heavy atom. The second-order valence-electron chi connectivity index (χ2n) is 17.9. The molecule has 6 N–H and O–H groups in total. The lowest BCUT2D eigenvalue weighted by molar-refractivity contribution is -0.143. The number of amides is 5. The van der Waals surface area contributed by atoms with Gasteiger partial charge in [-0.15, -0.1) is 6.42 Å². The molecule has 68 heavy (non-hydrogen) atoms. The quantitative estimate of drug-likeness (QED) is 0.0503. The largest absolute Gasteiger partial charge is 0.380 e. The highest BCUT2D eigenvalue weighted by Crippen LogP contribution is 2.20. The maximum atomic E-state index is 14.4. The number of aryl methyl sites for hydroxylation is 1. The lowest BCUT2D eigenvalue weighted by Crippen LogP contribution is -2.60. The van der Waals surface area contributed by atoms with Crippen LogP contribution in [-0.2, 0) is 55.9 Å².